The summed E-state index contributed by atoms with van der Waals surface area (Å²) in [5.41, 5.74) is 5.67. The first-order chi connectivity index (χ1) is 7.69. The molecule has 0 atom stereocenters. The maximum absolute atomic E-state index is 11.3. The lowest BCUT2D eigenvalue weighted by molar-refractivity contribution is -0.118. The van der Waals surface area contributed by atoms with Gasteiger partial charge in [0.15, 0.2) is 5.78 Å². The third-order valence-electron chi connectivity index (χ3n) is 4.93. The molecule has 3 nitrogen and oxygen atoms in total. The second kappa shape index (κ2) is 3.81. The van der Waals surface area contributed by atoms with Gasteiger partial charge >= 0.3 is 0 Å². The Morgan fingerprint density at radius 1 is 1.12 bits per heavy atom. The number of nitrogens with one attached hydrogen (secondary N) is 1. The Hall–Kier alpha value is -0.410. The Balaban J connectivity index is 1.67. The van der Waals surface area contributed by atoms with E-state index in [-0.39, 0.29) is 12.3 Å². The Bertz CT molecular complexity index is 265. The summed E-state index contributed by atoms with van der Waals surface area (Å²) in [5, 5.41) is 3.55. The van der Waals surface area contributed by atoms with Gasteiger partial charge in [-0.25, -0.2) is 0 Å². The number of carbonyl (C=O) groups excluding carboxylic acids is 1. The van der Waals surface area contributed by atoms with Crippen LogP contribution >= 0.6 is 0 Å². The Morgan fingerprint density at radius 3 is 2.06 bits per heavy atom. The average Bonchev–Trinajstić information content (AvgIpc) is 2.24. The van der Waals surface area contributed by atoms with E-state index in [2.05, 4.69) is 5.32 Å². The first-order valence-corrected chi connectivity index (χ1v) is 6.66. The molecule has 4 bridgehead atoms. The predicted octanol–water partition coefficient (Wildman–Crippen LogP) is 1.07. The summed E-state index contributed by atoms with van der Waals surface area (Å²) in [4.78, 5) is 11.3. The third kappa shape index (κ3) is 1.80. The van der Waals surface area contributed by atoms with Gasteiger partial charge in [0.1, 0.15) is 0 Å². The van der Waals surface area contributed by atoms with Crippen molar-refractivity contribution in [1.82, 2.24) is 5.32 Å². The van der Waals surface area contributed by atoms with Crippen LogP contribution in [0.25, 0.3) is 0 Å². The molecule has 0 amide bonds. The molecule has 0 radical (unpaired) electrons. The molecule has 0 spiro atoms. The van der Waals surface area contributed by atoms with Gasteiger partial charge in [0.05, 0.1) is 13.1 Å². The average molecular weight is 222 g/mol. The van der Waals surface area contributed by atoms with Crippen molar-refractivity contribution in [2.75, 3.05) is 13.1 Å². The Labute approximate surface area is 97.2 Å². The van der Waals surface area contributed by atoms with Crippen LogP contribution in [0.3, 0.4) is 0 Å². The lowest BCUT2D eigenvalue weighted by Gasteiger charge is -2.57. The number of ketones is 1. The summed E-state index contributed by atoms with van der Waals surface area (Å²) in [6, 6.07) is 0. The smallest absolute Gasteiger partial charge is 0.160 e. The first kappa shape index (κ1) is 10.7. The molecule has 0 aromatic heterocycles. The van der Waals surface area contributed by atoms with Crippen molar-refractivity contribution in [3.8, 4) is 0 Å². The van der Waals surface area contributed by atoms with Crippen molar-refractivity contribution in [2.24, 2.45) is 23.5 Å². The number of Topliss-reactive ketones (excluding diaryl/α,β-unsaturated/α-hetero) is 1. The van der Waals surface area contributed by atoms with Crippen molar-refractivity contribution in [3.05, 3.63) is 0 Å². The standard InChI is InChI=1S/C13H22N2O/c14-7-12(16)8-15-13-4-9-1-10(5-13)3-11(2-9)6-13/h9-11,15H,1-8,14H2. The lowest BCUT2D eigenvalue weighted by Crippen LogP contribution is -2.59. The van der Waals surface area contributed by atoms with Gasteiger partial charge in [-0.3, -0.25) is 4.79 Å². The molecule has 4 fully saturated rings. The highest BCUT2D eigenvalue weighted by Crippen LogP contribution is 2.55. The third-order valence-corrected chi connectivity index (χ3v) is 4.93. The Morgan fingerprint density at radius 2 is 1.62 bits per heavy atom. The van der Waals surface area contributed by atoms with E-state index in [9.17, 15) is 4.79 Å². The monoisotopic (exact) mass is 222 g/mol. The van der Waals surface area contributed by atoms with E-state index in [1.165, 1.54) is 38.5 Å². The zero-order valence-electron chi connectivity index (χ0n) is 9.87. The molecular formula is C13H22N2O. The maximum atomic E-state index is 11.3. The fraction of sp³-hybridized carbons (Fsp3) is 0.923. The highest BCUT2D eigenvalue weighted by atomic mass is 16.1. The molecule has 4 saturated carbocycles. The van der Waals surface area contributed by atoms with Crippen molar-refractivity contribution >= 4 is 5.78 Å². The van der Waals surface area contributed by atoms with Crippen LogP contribution in [0, 0.1) is 17.8 Å². The minimum atomic E-state index is 0.149. The van der Waals surface area contributed by atoms with Crippen LogP contribution in [0.5, 0.6) is 0 Å². The topological polar surface area (TPSA) is 55.1 Å². The van der Waals surface area contributed by atoms with Crippen LogP contribution in [0.1, 0.15) is 38.5 Å². The van der Waals surface area contributed by atoms with Crippen molar-refractivity contribution in [2.45, 2.75) is 44.1 Å². The van der Waals surface area contributed by atoms with Gasteiger partial charge in [0.2, 0.25) is 0 Å². The molecule has 4 aliphatic carbocycles. The molecule has 0 aliphatic heterocycles. The molecule has 0 saturated heterocycles. The van der Waals surface area contributed by atoms with E-state index in [0.29, 0.717) is 12.1 Å². The molecule has 3 N–H and O–H groups in total. The normalized spacial score (nSPS) is 44.9. The summed E-state index contributed by atoms with van der Waals surface area (Å²) < 4.78 is 0. The SMILES string of the molecule is NCC(=O)CNC12CC3CC(CC(C3)C1)C2. The summed E-state index contributed by atoms with van der Waals surface area (Å²) >= 11 is 0. The van der Waals surface area contributed by atoms with Crippen LogP contribution in [-0.4, -0.2) is 24.4 Å². The fourth-order valence-electron chi connectivity index (χ4n) is 4.69. The van der Waals surface area contributed by atoms with Gasteiger partial charge in [-0.05, 0) is 56.3 Å². The van der Waals surface area contributed by atoms with Crippen molar-refractivity contribution in [1.29, 1.82) is 0 Å². The number of hydrogen-bond donors (Lipinski definition) is 2. The van der Waals surface area contributed by atoms with Gasteiger partial charge in [0, 0.05) is 5.54 Å². The first-order valence-electron chi connectivity index (χ1n) is 6.66. The molecule has 90 valence electrons. The number of nitrogens with two attached hydrogens (primary N) is 1. The molecule has 0 heterocycles. The molecule has 4 aliphatic rings. The van der Waals surface area contributed by atoms with Crippen LogP contribution in [0.2, 0.25) is 0 Å². The summed E-state index contributed by atoms with van der Waals surface area (Å²) in [5.74, 6) is 2.96. The van der Waals surface area contributed by atoms with Crippen molar-refractivity contribution in [3.63, 3.8) is 0 Å². The highest BCUT2D eigenvalue weighted by Gasteiger charge is 2.50. The van der Waals surface area contributed by atoms with Gasteiger partial charge < -0.3 is 11.1 Å². The molecule has 4 rings (SSSR count). The molecule has 0 aromatic rings. The van der Waals surface area contributed by atoms with Gasteiger partial charge in [-0.15, -0.1) is 0 Å². The van der Waals surface area contributed by atoms with Crippen LogP contribution in [0.15, 0.2) is 0 Å². The summed E-state index contributed by atoms with van der Waals surface area (Å²) in [6.07, 6.45) is 8.26. The fourth-order valence-corrected chi connectivity index (χ4v) is 4.69. The molecule has 0 aromatic carbocycles. The lowest BCUT2D eigenvalue weighted by atomic mass is 9.53. The van der Waals surface area contributed by atoms with E-state index in [1.54, 1.807) is 0 Å². The minimum Gasteiger partial charge on any atom is -0.324 e. The minimum absolute atomic E-state index is 0.149. The van der Waals surface area contributed by atoms with Gasteiger partial charge in [-0.2, -0.15) is 0 Å². The van der Waals surface area contributed by atoms with Gasteiger partial charge in [-0.1, -0.05) is 0 Å². The molecule has 3 heteroatoms. The van der Waals surface area contributed by atoms with E-state index in [4.69, 9.17) is 5.73 Å². The second-order valence-electron chi connectivity index (χ2n) is 6.29. The molecule has 0 unspecified atom stereocenters. The van der Waals surface area contributed by atoms with E-state index in [0.717, 1.165) is 17.8 Å². The van der Waals surface area contributed by atoms with E-state index < -0.39 is 0 Å². The van der Waals surface area contributed by atoms with Crippen LogP contribution in [0.4, 0.5) is 0 Å². The largest absolute Gasteiger partial charge is 0.324 e. The molecule has 16 heavy (non-hydrogen) atoms. The second-order valence-corrected chi connectivity index (χ2v) is 6.29. The summed E-state index contributed by atoms with van der Waals surface area (Å²) in [6.45, 7) is 0.669. The zero-order valence-corrected chi connectivity index (χ0v) is 9.87. The zero-order chi connectivity index (χ0) is 11.2. The quantitative estimate of drug-likeness (QED) is 0.748. The van der Waals surface area contributed by atoms with E-state index in [1.807, 2.05) is 0 Å². The predicted molar refractivity (Wildman–Crippen MR) is 63.0 cm³/mol. The number of rotatable bonds is 4. The maximum Gasteiger partial charge on any atom is 0.160 e. The molecular weight excluding hydrogens is 200 g/mol. The van der Waals surface area contributed by atoms with E-state index >= 15 is 0 Å². The number of carbonyl (C=O) groups is 1. The van der Waals surface area contributed by atoms with Crippen LogP contribution in [-0.2, 0) is 4.79 Å². The highest BCUT2D eigenvalue weighted by molar-refractivity contribution is 5.82. The Kier molecular flexibility index (Phi) is 2.55. The van der Waals surface area contributed by atoms with Crippen LogP contribution < -0.4 is 11.1 Å². The summed E-state index contributed by atoms with van der Waals surface area (Å²) in [7, 11) is 0. The van der Waals surface area contributed by atoms with Gasteiger partial charge in [0.25, 0.3) is 0 Å². The van der Waals surface area contributed by atoms with Crippen molar-refractivity contribution < 1.29 is 4.79 Å². The number of hydrogen-bond acceptors (Lipinski definition) is 3.